The summed E-state index contributed by atoms with van der Waals surface area (Å²) in [5, 5.41) is 4.44. The Hall–Kier alpha value is -0.960. The highest BCUT2D eigenvalue weighted by Gasteiger charge is 2.30. The maximum absolute atomic E-state index is 11.6. The number of aromatic nitrogens is 2. The van der Waals surface area contributed by atoms with Gasteiger partial charge in [-0.1, -0.05) is 0 Å². The lowest BCUT2D eigenvalue weighted by Gasteiger charge is -2.40. The molecule has 1 aromatic rings. The minimum atomic E-state index is -3.13. The summed E-state index contributed by atoms with van der Waals surface area (Å²) in [6.45, 7) is 5.63. The van der Waals surface area contributed by atoms with Crippen LogP contribution in [0.4, 0.5) is 0 Å². The number of fused-ring (bicyclic) bond motifs is 1. The van der Waals surface area contributed by atoms with Crippen molar-refractivity contribution in [1.29, 1.82) is 0 Å². The van der Waals surface area contributed by atoms with E-state index in [1.54, 1.807) is 6.92 Å². The Kier molecular flexibility index (Phi) is 5.35. The molecule has 1 unspecified atom stereocenters. The third kappa shape index (κ3) is 4.12. The van der Waals surface area contributed by atoms with E-state index in [1.165, 1.54) is 5.69 Å². The van der Waals surface area contributed by atoms with Crippen LogP contribution < -0.4 is 4.72 Å². The molecule has 3 rings (SSSR count). The lowest BCUT2D eigenvalue weighted by atomic mass is 10.0. The van der Waals surface area contributed by atoms with Gasteiger partial charge < -0.3 is 4.74 Å². The lowest BCUT2D eigenvalue weighted by molar-refractivity contribution is 0.0159. The standard InChI is InChI=1S/C15H26N4O3S/c1-2-23(20,21)17-8-4-15-12-18(13-5-9-22-10-6-13)11-14-3-7-16-19(14)15/h3,7,13,15,17H,2,4-6,8-12H2,1H3. The fraction of sp³-hybridized carbons (Fsp3) is 0.800. The van der Waals surface area contributed by atoms with E-state index in [2.05, 4.69) is 25.5 Å². The number of sulfonamides is 1. The Bertz CT molecular complexity index is 610. The van der Waals surface area contributed by atoms with Gasteiger partial charge in [0.15, 0.2) is 0 Å². The summed E-state index contributed by atoms with van der Waals surface area (Å²) in [6, 6.07) is 2.84. The third-order valence-corrected chi connectivity index (χ3v) is 6.20. The molecule has 0 bridgehead atoms. The van der Waals surface area contributed by atoms with Crippen molar-refractivity contribution < 1.29 is 13.2 Å². The van der Waals surface area contributed by atoms with Crippen LogP contribution in [-0.4, -0.2) is 61.2 Å². The summed E-state index contributed by atoms with van der Waals surface area (Å²) < 4.78 is 33.4. The molecule has 0 saturated carbocycles. The van der Waals surface area contributed by atoms with Gasteiger partial charge in [-0.15, -0.1) is 0 Å². The second kappa shape index (κ2) is 7.29. The molecule has 7 nitrogen and oxygen atoms in total. The normalized spacial score (nSPS) is 23.8. The van der Waals surface area contributed by atoms with Gasteiger partial charge in [0.25, 0.3) is 0 Å². The van der Waals surface area contributed by atoms with Crippen molar-refractivity contribution in [3.05, 3.63) is 18.0 Å². The third-order valence-electron chi connectivity index (χ3n) is 4.80. The minimum Gasteiger partial charge on any atom is -0.381 e. The van der Waals surface area contributed by atoms with Crippen molar-refractivity contribution in [2.45, 2.75) is 44.8 Å². The molecule has 3 heterocycles. The lowest BCUT2D eigenvalue weighted by Crippen LogP contribution is -2.46. The molecule has 1 saturated heterocycles. The predicted molar refractivity (Wildman–Crippen MR) is 87.6 cm³/mol. The Labute approximate surface area is 138 Å². The van der Waals surface area contributed by atoms with Crippen LogP contribution in [0.3, 0.4) is 0 Å². The van der Waals surface area contributed by atoms with Gasteiger partial charge in [0.1, 0.15) is 0 Å². The topological polar surface area (TPSA) is 76.5 Å². The summed E-state index contributed by atoms with van der Waals surface area (Å²) in [5.74, 6) is 0.124. The largest absolute Gasteiger partial charge is 0.381 e. The molecule has 1 N–H and O–H groups in total. The zero-order valence-corrected chi connectivity index (χ0v) is 14.5. The first-order valence-electron chi connectivity index (χ1n) is 8.40. The molecule has 1 aromatic heterocycles. The van der Waals surface area contributed by atoms with Gasteiger partial charge in [0.2, 0.25) is 10.0 Å². The van der Waals surface area contributed by atoms with E-state index >= 15 is 0 Å². The summed E-state index contributed by atoms with van der Waals surface area (Å²) in [5.41, 5.74) is 1.21. The summed E-state index contributed by atoms with van der Waals surface area (Å²) in [7, 11) is -3.13. The van der Waals surface area contributed by atoms with Gasteiger partial charge in [0, 0.05) is 45.1 Å². The zero-order valence-electron chi connectivity index (χ0n) is 13.6. The second-order valence-corrected chi connectivity index (χ2v) is 8.38. The average molecular weight is 342 g/mol. The number of nitrogens with zero attached hydrogens (tertiary/aromatic N) is 3. The van der Waals surface area contributed by atoms with Crippen LogP contribution in [0.1, 0.15) is 37.9 Å². The molecular formula is C15H26N4O3S. The van der Waals surface area contributed by atoms with Crippen LogP contribution in [0.2, 0.25) is 0 Å². The first kappa shape index (κ1) is 16.9. The van der Waals surface area contributed by atoms with E-state index in [9.17, 15) is 8.42 Å². The SMILES string of the molecule is CCS(=O)(=O)NCCC1CN(C2CCOCC2)Cc2ccnn21. The number of ether oxygens (including phenoxy) is 1. The van der Waals surface area contributed by atoms with Crippen LogP contribution in [0.25, 0.3) is 0 Å². The van der Waals surface area contributed by atoms with E-state index in [-0.39, 0.29) is 11.8 Å². The van der Waals surface area contributed by atoms with E-state index in [4.69, 9.17) is 4.74 Å². The van der Waals surface area contributed by atoms with E-state index < -0.39 is 10.0 Å². The molecule has 8 heteroatoms. The van der Waals surface area contributed by atoms with Crippen LogP contribution in [-0.2, 0) is 21.3 Å². The van der Waals surface area contributed by atoms with Gasteiger partial charge in [0.05, 0.1) is 17.5 Å². The number of rotatable bonds is 6. The van der Waals surface area contributed by atoms with Crippen molar-refractivity contribution in [1.82, 2.24) is 19.4 Å². The number of nitrogens with one attached hydrogen (secondary N) is 1. The molecule has 23 heavy (non-hydrogen) atoms. The molecule has 1 fully saturated rings. The van der Waals surface area contributed by atoms with Crippen molar-refractivity contribution in [3.8, 4) is 0 Å². The van der Waals surface area contributed by atoms with Crippen LogP contribution in [0.15, 0.2) is 12.3 Å². The maximum Gasteiger partial charge on any atom is 0.211 e. The predicted octanol–water partition coefficient (Wildman–Crippen LogP) is 0.748. The van der Waals surface area contributed by atoms with Gasteiger partial charge in [-0.2, -0.15) is 5.10 Å². The van der Waals surface area contributed by atoms with Crippen molar-refractivity contribution in [2.24, 2.45) is 0 Å². The monoisotopic (exact) mass is 342 g/mol. The van der Waals surface area contributed by atoms with E-state index in [1.807, 2.05) is 6.20 Å². The molecule has 1 atom stereocenters. The summed E-state index contributed by atoms with van der Waals surface area (Å²) in [4.78, 5) is 2.51. The van der Waals surface area contributed by atoms with Crippen molar-refractivity contribution >= 4 is 10.0 Å². The average Bonchev–Trinajstić information content (AvgIpc) is 3.04. The van der Waals surface area contributed by atoms with Gasteiger partial charge >= 0.3 is 0 Å². The highest BCUT2D eigenvalue weighted by atomic mass is 32.2. The molecule has 0 radical (unpaired) electrons. The minimum absolute atomic E-state index is 0.124. The Morgan fingerprint density at radius 2 is 2.17 bits per heavy atom. The zero-order chi connectivity index (χ0) is 16.3. The fourth-order valence-corrected chi connectivity index (χ4v) is 4.07. The second-order valence-electron chi connectivity index (χ2n) is 6.28. The highest BCUT2D eigenvalue weighted by molar-refractivity contribution is 7.89. The Morgan fingerprint density at radius 1 is 1.39 bits per heavy atom. The molecule has 0 aromatic carbocycles. The molecule has 0 amide bonds. The maximum atomic E-state index is 11.6. The summed E-state index contributed by atoms with van der Waals surface area (Å²) >= 11 is 0. The van der Waals surface area contributed by atoms with Crippen LogP contribution >= 0.6 is 0 Å². The van der Waals surface area contributed by atoms with E-state index in [0.717, 1.165) is 45.6 Å². The van der Waals surface area contributed by atoms with Gasteiger partial charge in [-0.05, 0) is 32.3 Å². The number of hydrogen-bond donors (Lipinski definition) is 1. The first-order valence-corrected chi connectivity index (χ1v) is 10.1. The summed E-state index contributed by atoms with van der Waals surface area (Å²) in [6.07, 6.45) is 4.74. The Morgan fingerprint density at radius 3 is 2.91 bits per heavy atom. The quantitative estimate of drug-likeness (QED) is 0.825. The molecule has 130 valence electrons. The van der Waals surface area contributed by atoms with E-state index in [0.29, 0.717) is 12.6 Å². The Balaban J connectivity index is 1.64. The van der Waals surface area contributed by atoms with Gasteiger partial charge in [-0.3, -0.25) is 9.58 Å². The van der Waals surface area contributed by atoms with Crippen LogP contribution in [0, 0.1) is 0 Å². The smallest absolute Gasteiger partial charge is 0.211 e. The highest BCUT2D eigenvalue weighted by Crippen LogP contribution is 2.27. The van der Waals surface area contributed by atoms with Crippen molar-refractivity contribution in [3.63, 3.8) is 0 Å². The molecule has 2 aliphatic heterocycles. The fourth-order valence-electron chi connectivity index (χ4n) is 3.44. The van der Waals surface area contributed by atoms with Gasteiger partial charge in [-0.25, -0.2) is 13.1 Å². The van der Waals surface area contributed by atoms with Crippen LogP contribution in [0.5, 0.6) is 0 Å². The first-order chi connectivity index (χ1) is 11.1. The molecule has 2 aliphatic rings. The molecular weight excluding hydrogens is 316 g/mol. The number of hydrogen-bond acceptors (Lipinski definition) is 5. The molecule has 0 spiro atoms. The van der Waals surface area contributed by atoms with Crippen molar-refractivity contribution in [2.75, 3.05) is 32.1 Å². The molecule has 0 aliphatic carbocycles.